The Morgan fingerprint density at radius 1 is 1.00 bits per heavy atom. The van der Waals surface area contributed by atoms with Crippen LogP contribution in [0, 0.1) is 41.4 Å². The first-order valence-electron chi connectivity index (χ1n) is 12.5. The van der Waals surface area contributed by atoms with E-state index in [2.05, 4.69) is 23.8 Å². The predicted octanol–water partition coefficient (Wildman–Crippen LogP) is 5.43. The first-order valence-corrected chi connectivity index (χ1v) is 12.5. The van der Waals surface area contributed by atoms with Crippen molar-refractivity contribution in [2.75, 3.05) is 14.2 Å². The van der Waals surface area contributed by atoms with Crippen LogP contribution in [0.25, 0.3) is 0 Å². The average molecular weight is 400 g/mol. The number of nitrogens with zero attached hydrogens (tertiary/aromatic N) is 1. The van der Waals surface area contributed by atoms with E-state index in [1.165, 1.54) is 83.5 Å². The Kier molecular flexibility index (Phi) is 7.22. The van der Waals surface area contributed by atoms with Gasteiger partial charge >= 0.3 is 5.97 Å². The van der Waals surface area contributed by atoms with Crippen LogP contribution in [0.3, 0.4) is 0 Å². The Hall–Kier alpha value is -1.01. The summed E-state index contributed by atoms with van der Waals surface area (Å²) >= 11 is 0. The molecule has 4 fully saturated rings. The minimum Gasteiger partial charge on any atom is -0.469 e. The molecular weight excluding hydrogens is 358 g/mol. The number of ether oxygens (including phenoxy) is 1. The molecule has 29 heavy (non-hydrogen) atoms. The summed E-state index contributed by atoms with van der Waals surface area (Å²) in [4.78, 5) is 15.1. The van der Waals surface area contributed by atoms with E-state index in [0.29, 0.717) is 29.8 Å². The molecule has 2 bridgehead atoms. The fourth-order valence-electron chi connectivity index (χ4n) is 7.12. The van der Waals surface area contributed by atoms with Gasteiger partial charge in [-0.05, 0) is 76.2 Å². The van der Waals surface area contributed by atoms with Crippen molar-refractivity contribution >= 4 is 5.97 Å². The van der Waals surface area contributed by atoms with Crippen LogP contribution in [-0.2, 0) is 9.53 Å². The molecule has 4 rings (SSSR count). The molecule has 0 radical (unpaired) electrons. The quantitative estimate of drug-likeness (QED) is 0.466. The smallest absolute Gasteiger partial charge is 0.310 e. The number of fused-ring (bicyclic) bond motifs is 2. The van der Waals surface area contributed by atoms with Crippen LogP contribution < -0.4 is 0 Å². The number of methoxy groups -OCH3 is 1. The third kappa shape index (κ3) is 4.84. The van der Waals surface area contributed by atoms with Gasteiger partial charge in [-0.2, -0.15) is 0 Å². The van der Waals surface area contributed by atoms with Crippen LogP contribution in [0.2, 0.25) is 0 Å². The van der Waals surface area contributed by atoms with Gasteiger partial charge < -0.3 is 4.74 Å². The number of rotatable bonds is 4. The summed E-state index contributed by atoms with van der Waals surface area (Å²) in [6, 6.07) is 1.09. The molecule has 4 atom stereocenters. The lowest BCUT2D eigenvalue weighted by atomic mass is 9.67. The van der Waals surface area contributed by atoms with Crippen LogP contribution in [0.15, 0.2) is 0 Å². The van der Waals surface area contributed by atoms with Crippen molar-refractivity contribution in [1.82, 2.24) is 4.90 Å². The zero-order valence-corrected chi connectivity index (χ0v) is 18.7. The van der Waals surface area contributed by atoms with Crippen molar-refractivity contribution in [3.05, 3.63) is 0 Å². The van der Waals surface area contributed by atoms with Crippen molar-refractivity contribution < 1.29 is 9.53 Å². The Labute approximate surface area is 178 Å². The number of carbonyl (C=O) groups is 1. The summed E-state index contributed by atoms with van der Waals surface area (Å²) in [6.07, 6.45) is 18.2. The number of esters is 1. The summed E-state index contributed by atoms with van der Waals surface area (Å²) in [5.74, 6) is 10.0. The number of piperidine rings is 1. The van der Waals surface area contributed by atoms with E-state index in [4.69, 9.17) is 4.74 Å². The molecule has 4 aliphatic rings. The van der Waals surface area contributed by atoms with Gasteiger partial charge in [0.2, 0.25) is 0 Å². The standard InChI is InChI=1S/C26H41NO2/c1-27-22-16-17-24(27)25(26(28)29-2)23(18-22)21-14-12-20(13-15-21)11-7-6-10-19-8-4-3-5-9-19/h19-25H,3-6,8-10,12-18H2,1-2H3/t20?,21?,22-,23-,24?,25?/m1/s1. The lowest BCUT2D eigenvalue weighted by Crippen LogP contribution is -2.52. The van der Waals surface area contributed by atoms with Crippen LogP contribution >= 0.6 is 0 Å². The molecule has 2 aliphatic carbocycles. The normalized spacial score (nSPS) is 38.3. The van der Waals surface area contributed by atoms with Gasteiger partial charge in [-0.25, -0.2) is 0 Å². The van der Waals surface area contributed by atoms with Crippen molar-refractivity contribution in [2.24, 2.45) is 29.6 Å². The van der Waals surface area contributed by atoms with Crippen molar-refractivity contribution in [3.8, 4) is 11.8 Å². The molecule has 2 unspecified atom stereocenters. The number of hydrogen-bond donors (Lipinski definition) is 0. The van der Waals surface area contributed by atoms with Crippen LogP contribution in [0.5, 0.6) is 0 Å². The summed E-state index contributed by atoms with van der Waals surface area (Å²) in [5, 5.41) is 0. The second-order valence-corrected chi connectivity index (χ2v) is 10.4. The molecule has 0 aromatic heterocycles. The molecule has 2 saturated heterocycles. The minimum absolute atomic E-state index is 0.0387. The number of carbonyl (C=O) groups excluding carboxylic acids is 1. The maximum atomic E-state index is 12.7. The SMILES string of the molecule is COC(=O)C1C2CC[C@H](C[C@@H]1C1CCC(C#CCCC3CCCCC3)CC1)N2C. The lowest BCUT2D eigenvalue weighted by molar-refractivity contribution is -0.154. The molecule has 162 valence electrons. The van der Waals surface area contributed by atoms with E-state index < -0.39 is 0 Å². The third-order valence-electron chi connectivity index (χ3n) is 8.87. The van der Waals surface area contributed by atoms with E-state index in [-0.39, 0.29) is 11.9 Å². The predicted molar refractivity (Wildman–Crippen MR) is 117 cm³/mol. The van der Waals surface area contributed by atoms with E-state index in [0.717, 1.165) is 12.3 Å². The van der Waals surface area contributed by atoms with Gasteiger partial charge in [0, 0.05) is 24.4 Å². The van der Waals surface area contributed by atoms with Crippen molar-refractivity contribution in [2.45, 2.75) is 102 Å². The van der Waals surface area contributed by atoms with E-state index in [9.17, 15) is 4.79 Å². The first-order chi connectivity index (χ1) is 14.2. The van der Waals surface area contributed by atoms with Crippen LogP contribution in [0.4, 0.5) is 0 Å². The Balaban J connectivity index is 1.27. The molecule has 0 N–H and O–H groups in total. The molecule has 0 aromatic carbocycles. The molecule has 3 nitrogen and oxygen atoms in total. The molecule has 2 saturated carbocycles. The van der Waals surface area contributed by atoms with Gasteiger partial charge in [0.1, 0.15) is 0 Å². The molecule has 2 heterocycles. The summed E-state index contributed by atoms with van der Waals surface area (Å²) in [7, 11) is 3.79. The van der Waals surface area contributed by atoms with Gasteiger partial charge in [0.15, 0.2) is 0 Å². The highest BCUT2D eigenvalue weighted by molar-refractivity contribution is 5.74. The highest BCUT2D eigenvalue weighted by Crippen LogP contribution is 2.48. The van der Waals surface area contributed by atoms with E-state index >= 15 is 0 Å². The third-order valence-corrected chi connectivity index (χ3v) is 8.87. The van der Waals surface area contributed by atoms with Crippen LogP contribution in [0.1, 0.15) is 89.9 Å². The van der Waals surface area contributed by atoms with E-state index in [1.807, 2.05) is 0 Å². The zero-order valence-electron chi connectivity index (χ0n) is 18.7. The fraction of sp³-hybridized carbons (Fsp3) is 0.885. The average Bonchev–Trinajstić information content (AvgIpc) is 2.99. The molecule has 0 amide bonds. The Bertz CT molecular complexity index is 606. The van der Waals surface area contributed by atoms with Crippen LogP contribution in [-0.4, -0.2) is 37.1 Å². The highest BCUT2D eigenvalue weighted by atomic mass is 16.5. The summed E-state index contributed by atoms with van der Waals surface area (Å²) in [6.45, 7) is 0. The molecule has 2 aliphatic heterocycles. The zero-order chi connectivity index (χ0) is 20.2. The first kappa shape index (κ1) is 21.2. The van der Waals surface area contributed by atoms with E-state index in [1.54, 1.807) is 7.11 Å². The summed E-state index contributed by atoms with van der Waals surface area (Å²) in [5.41, 5.74) is 0. The fourth-order valence-corrected chi connectivity index (χ4v) is 7.12. The molecule has 0 spiro atoms. The maximum Gasteiger partial charge on any atom is 0.310 e. The number of hydrogen-bond acceptors (Lipinski definition) is 3. The second-order valence-electron chi connectivity index (χ2n) is 10.4. The Morgan fingerprint density at radius 2 is 1.76 bits per heavy atom. The van der Waals surface area contributed by atoms with Crippen molar-refractivity contribution in [1.29, 1.82) is 0 Å². The van der Waals surface area contributed by atoms with Gasteiger partial charge in [-0.3, -0.25) is 9.69 Å². The monoisotopic (exact) mass is 399 g/mol. The van der Waals surface area contributed by atoms with Gasteiger partial charge in [-0.1, -0.05) is 38.0 Å². The van der Waals surface area contributed by atoms with Gasteiger partial charge in [-0.15, -0.1) is 5.92 Å². The second kappa shape index (κ2) is 9.86. The lowest BCUT2D eigenvalue weighted by Gasteiger charge is -2.45. The van der Waals surface area contributed by atoms with Crippen molar-refractivity contribution in [3.63, 3.8) is 0 Å². The summed E-state index contributed by atoms with van der Waals surface area (Å²) < 4.78 is 5.26. The van der Waals surface area contributed by atoms with Gasteiger partial charge in [0.05, 0.1) is 13.0 Å². The molecular formula is C26H41NO2. The largest absolute Gasteiger partial charge is 0.469 e. The molecule has 3 heteroatoms. The molecule has 0 aromatic rings. The topological polar surface area (TPSA) is 29.5 Å². The maximum absolute atomic E-state index is 12.7. The highest BCUT2D eigenvalue weighted by Gasteiger charge is 2.51. The Morgan fingerprint density at radius 3 is 2.48 bits per heavy atom. The van der Waals surface area contributed by atoms with Gasteiger partial charge in [0.25, 0.3) is 0 Å². The minimum atomic E-state index is 0.0387.